The van der Waals surface area contributed by atoms with Crippen LogP contribution in [-0.4, -0.2) is 18.2 Å². The summed E-state index contributed by atoms with van der Waals surface area (Å²) < 4.78 is 28.7. The van der Waals surface area contributed by atoms with E-state index in [1.54, 1.807) is 12.1 Å². The largest absolute Gasteiger partial charge is 0.280 e. The van der Waals surface area contributed by atoms with Gasteiger partial charge in [0.1, 0.15) is 4.90 Å². The fourth-order valence-corrected chi connectivity index (χ4v) is 2.98. The summed E-state index contributed by atoms with van der Waals surface area (Å²) in [5, 5.41) is 12.8. The normalized spacial score (nSPS) is 10.9. The molecule has 0 atom stereocenters. The van der Waals surface area contributed by atoms with Gasteiger partial charge in [0.15, 0.2) is 0 Å². The minimum absolute atomic E-state index is 0.0608. The van der Waals surface area contributed by atoms with E-state index in [9.17, 15) is 8.42 Å². The molecule has 2 aromatic carbocycles. The summed E-state index contributed by atoms with van der Waals surface area (Å²) in [6.45, 7) is 0. The first kappa shape index (κ1) is 14.8. The van der Waals surface area contributed by atoms with Crippen LogP contribution in [0.3, 0.4) is 0 Å². The topological polar surface area (TPSA) is 87.8 Å². The van der Waals surface area contributed by atoms with Crippen molar-refractivity contribution in [3.63, 3.8) is 0 Å². The number of nitriles is 1. The Kier molecular flexibility index (Phi) is 3.83. The highest BCUT2D eigenvalue weighted by molar-refractivity contribution is 7.92. The fourth-order valence-electron chi connectivity index (χ4n) is 1.99. The van der Waals surface area contributed by atoms with E-state index in [1.165, 1.54) is 29.2 Å². The predicted octanol–water partition coefficient (Wildman–Crippen LogP) is 2.54. The maximum absolute atomic E-state index is 12.4. The summed E-state index contributed by atoms with van der Waals surface area (Å²) >= 11 is 0. The van der Waals surface area contributed by atoms with Crippen molar-refractivity contribution >= 4 is 15.7 Å². The molecule has 6 nitrogen and oxygen atoms in total. The molecule has 1 aromatic heterocycles. The lowest BCUT2D eigenvalue weighted by atomic mass is 10.2. The Morgan fingerprint density at radius 2 is 1.74 bits per heavy atom. The third-order valence-electron chi connectivity index (χ3n) is 3.16. The number of nitrogens with one attached hydrogen (secondary N) is 1. The van der Waals surface area contributed by atoms with E-state index >= 15 is 0 Å². The number of anilines is 1. The van der Waals surface area contributed by atoms with Crippen LogP contribution in [0.2, 0.25) is 0 Å². The molecule has 0 aliphatic heterocycles. The number of sulfonamides is 1. The summed E-state index contributed by atoms with van der Waals surface area (Å²) in [4.78, 5) is 0.0608. The quantitative estimate of drug-likeness (QED) is 0.799. The number of hydrogen-bond donors (Lipinski definition) is 1. The van der Waals surface area contributed by atoms with Crippen LogP contribution in [0.4, 0.5) is 5.69 Å². The molecule has 0 spiro atoms. The number of para-hydroxylation sites is 1. The van der Waals surface area contributed by atoms with Crippen LogP contribution in [0.15, 0.2) is 71.9 Å². The van der Waals surface area contributed by atoms with Crippen LogP contribution in [0.5, 0.6) is 0 Å². The molecule has 3 rings (SSSR count). The van der Waals surface area contributed by atoms with E-state index in [-0.39, 0.29) is 4.90 Å². The Labute approximate surface area is 133 Å². The minimum Gasteiger partial charge on any atom is -0.280 e. The SMILES string of the molecule is N#Cc1ccc(NS(=O)(=O)c2cnn(-c3ccccc3)c2)cc1. The van der Waals surface area contributed by atoms with Gasteiger partial charge in [0.05, 0.1) is 29.7 Å². The molecule has 0 unspecified atom stereocenters. The van der Waals surface area contributed by atoms with E-state index in [2.05, 4.69) is 9.82 Å². The number of hydrogen-bond acceptors (Lipinski definition) is 4. The number of aromatic nitrogens is 2. The molecule has 0 aliphatic carbocycles. The maximum atomic E-state index is 12.4. The zero-order chi connectivity index (χ0) is 16.3. The maximum Gasteiger partial charge on any atom is 0.265 e. The molecule has 3 aromatic rings. The van der Waals surface area contributed by atoms with E-state index in [4.69, 9.17) is 5.26 Å². The van der Waals surface area contributed by atoms with Crippen molar-refractivity contribution in [1.82, 2.24) is 9.78 Å². The Morgan fingerprint density at radius 1 is 1.04 bits per heavy atom. The third-order valence-corrected chi connectivity index (χ3v) is 4.49. The molecular weight excluding hydrogens is 312 g/mol. The van der Waals surface area contributed by atoms with Crippen molar-refractivity contribution in [2.45, 2.75) is 4.90 Å². The zero-order valence-electron chi connectivity index (χ0n) is 11.9. The second-order valence-corrected chi connectivity index (χ2v) is 6.43. The second kappa shape index (κ2) is 5.94. The van der Waals surface area contributed by atoms with Crippen LogP contribution in [0.1, 0.15) is 5.56 Å². The van der Waals surface area contributed by atoms with Crippen LogP contribution < -0.4 is 4.72 Å². The summed E-state index contributed by atoms with van der Waals surface area (Å²) in [7, 11) is -3.74. The standard InChI is InChI=1S/C16H12N4O2S/c17-10-13-6-8-14(9-7-13)19-23(21,22)16-11-18-20(12-16)15-4-2-1-3-5-15/h1-9,11-12,19H. The van der Waals surface area contributed by atoms with Gasteiger partial charge >= 0.3 is 0 Å². The molecule has 7 heteroatoms. The molecule has 1 heterocycles. The van der Waals surface area contributed by atoms with Gasteiger partial charge in [-0.25, -0.2) is 13.1 Å². The van der Waals surface area contributed by atoms with Crippen LogP contribution in [-0.2, 0) is 10.0 Å². The molecule has 0 saturated heterocycles. The van der Waals surface area contributed by atoms with Gasteiger partial charge in [0.25, 0.3) is 10.0 Å². The Bertz CT molecular complexity index is 955. The molecule has 0 bridgehead atoms. The van der Waals surface area contributed by atoms with Crippen molar-refractivity contribution in [1.29, 1.82) is 5.26 Å². The molecule has 0 amide bonds. The third kappa shape index (κ3) is 3.22. The lowest BCUT2D eigenvalue weighted by Gasteiger charge is -2.05. The number of nitrogens with zero attached hydrogens (tertiary/aromatic N) is 3. The van der Waals surface area contributed by atoms with E-state index in [0.717, 1.165) is 5.69 Å². The zero-order valence-corrected chi connectivity index (χ0v) is 12.7. The average Bonchev–Trinajstić information content (AvgIpc) is 3.07. The molecule has 0 fully saturated rings. The van der Waals surface area contributed by atoms with Gasteiger partial charge in [-0.3, -0.25) is 4.72 Å². The highest BCUT2D eigenvalue weighted by Crippen LogP contribution is 2.17. The predicted molar refractivity (Wildman–Crippen MR) is 85.5 cm³/mol. The van der Waals surface area contributed by atoms with Crippen molar-refractivity contribution in [3.8, 4) is 11.8 Å². The average molecular weight is 324 g/mol. The monoisotopic (exact) mass is 324 g/mol. The molecule has 1 N–H and O–H groups in total. The highest BCUT2D eigenvalue weighted by Gasteiger charge is 2.17. The van der Waals surface area contributed by atoms with E-state index in [1.807, 2.05) is 36.4 Å². The van der Waals surface area contributed by atoms with Crippen LogP contribution >= 0.6 is 0 Å². The minimum atomic E-state index is -3.74. The highest BCUT2D eigenvalue weighted by atomic mass is 32.2. The summed E-state index contributed by atoms with van der Waals surface area (Å²) in [6, 6.07) is 17.4. The summed E-state index contributed by atoms with van der Waals surface area (Å²) in [5.41, 5.74) is 1.62. The second-order valence-electron chi connectivity index (χ2n) is 4.75. The first-order valence-electron chi connectivity index (χ1n) is 6.71. The Balaban J connectivity index is 1.85. The van der Waals surface area contributed by atoms with Crippen molar-refractivity contribution in [2.24, 2.45) is 0 Å². The number of rotatable bonds is 4. The molecule has 0 aliphatic rings. The van der Waals surface area contributed by atoms with Gasteiger partial charge in [-0.1, -0.05) is 18.2 Å². The smallest absolute Gasteiger partial charge is 0.265 e. The van der Waals surface area contributed by atoms with Crippen molar-refractivity contribution in [3.05, 3.63) is 72.6 Å². The fraction of sp³-hybridized carbons (Fsp3) is 0. The van der Waals surface area contributed by atoms with Gasteiger partial charge in [-0.2, -0.15) is 10.4 Å². The van der Waals surface area contributed by atoms with Gasteiger partial charge in [0, 0.05) is 5.69 Å². The summed E-state index contributed by atoms with van der Waals surface area (Å²) in [5.74, 6) is 0. The first-order chi connectivity index (χ1) is 11.1. The number of benzene rings is 2. The molecule has 114 valence electrons. The lowest BCUT2D eigenvalue weighted by molar-refractivity contribution is 0.601. The van der Waals surface area contributed by atoms with E-state index < -0.39 is 10.0 Å². The van der Waals surface area contributed by atoms with Gasteiger partial charge in [-0.15, -0.1) is 0 Å². The molecular formula is C16H12N4O2S. The molecule has 0 saturated carbocycles. The van der Waals surface area contributed by atoms with Gasteiger partial charge < -0.3 is 0 Å². The van der Waals surface area contributed by atoms with Gasteiger partial charge in [0.2, 0.25) is 0 Å². The van der Waals surface area contributed by atoms with E-state index in [0.29, 0.717) is 11.3 Å². The molecule has 0 radical (unpaired) electrons. The Morgan fingerprint density at radius 3 is 2.39 bits per heavy atom. The van der Waals surface area contributed by atoms with Gasteiger partial charge in [-0.05, 0) is 36.4 Å². The lowest BCUT2D eigenvalue weighted by Crippen LogP contribution is -2.12. The van der Waals surface area contributed by atoms with Crippen LogP contribution in [0, 0.1) is 11.3 Å². The van der Waals surface area contributed by atoms with Crippen LogP contribution in [0.25, 0.3) is 5.69 Å². The summed E-state index contributed by atoms with van der Waals surface area (Å²) in [6.07, 6.45) is 2.74. The van der Waals surface area contributed by atoms with Crippen molar-refractivity contribution < 1.29 is 8.42 Å². The molecule has 23 heavy (non-hydrogen) atoms. The first-order valence-corrected chi connectivity index (χ1v) is 8.20. The van der Waals surface area contributed by atoms with Crippen molar-refractivity contribution in [2.75, 3.05) is 4.72 Å². The Hall–Kier alpha value is -3.11.